The normalized spacial score (nSPS) is 29.8. The van der Waals surface area contributed by atoms with Crippen molar-refractivity contribution in [3.8, 4) is 0 Å². The second kappa shape index (κ2) is 7.61. The maximum atomic E-state index is 6.66. The zero-order valence-electron chi connectivity index (χ0n) is 15.1. The predicted octanol–water partition coefficient (Wildman–Crippen LogP) is -0.310. The summed E-state index contributed by atoms with van der Waals surface area (Å²) in [7, 11) is 0. The van der Waals surface area contributed by atoms with Crippen LogP contribution in [0.3, 0.4) is 0 Å². The molecule has 0 spiro atoms. The van der Waals surface area contributed by atoms with Crippen molar-refractivity contribution in [2.75, 3.05) is 45.9 Å². The number of hydrogen-bond donors (Lipinski definition) is 4. The summed E-state index contributed by atoms with van der Waals surface area (Å²) in [4.78, 5) is 12.8. The molecule has 0 amide bonds. The quantitative estimate of drug-likeness (QED) is 0.571. The lowest BCUT2D eigenvalue weighted by Gasteiger charge is -2.35. The third kappa shape index (κ3) is 4.07. The Morgan fingerprint density at radius 1 is 1.46 bits per heavy atom. The lowest BCUT2D eigenvalue weighted by Crippen LogP contribution is -2.55. The van der Waals surface area contributed by atoms with Crippen LogP contribution in [0.15, 0.2) is 23.0 Å². The van der Waals surface area contributed by atoms with Crippen molar-refractivity contribution in [3.05, 3.63) is 27.9 Å². The number of aromatic nitrogens is 1. The molecule has 0 aromatic carbocycles. The van der Waals surface area contributed by atoms with Gasteiger partial charge in [0, 0.05) is 55.1 Å². The molecule has 2 saturated heterocycles. The van der Waals surface area contributed by atoms with Gasteiger partial charge in [0.1, 0.15) is 5.84 Å². The van der Waals surface area contributed by atoms with Gasteiger partial charge in [-0.1, -0.05) is 0 Å². The topological polar surface area (TPSA) is 99.8 Å². The second-order valence-corrected chi connectivity index (χ2v) is 8.29. The number of nitrogens with two attached hydrogens (primary N) is 1. The van der Waals surface area contributed by atoms with Crippen LogP contribution in [-0.2, 0) is 10.5 Å². The SMILES string of the molecule is Cc1cnc(C2(N)N=C(NC3CCNC3)C=C(CN3CCOCC3)N2)s1. The Kier molecular flexibility index (Phi) is 5.23. The standard InChI is InChI=1S/C17H27N7OS/c1-12-9-20-16(26-12)17(18)22-14(11-24-4-6-25-7-5-24)8-15(23-17)21-13-2-3-19-10-13/h8-9,13,19,22H,2-7,10-11,18H2,1H3,(H,21,23). The lowest BCUT2D eigenvalue weighted by atomic mass is 10.2. The first-order valence-corrected chi connectivity index (χ1v) is 10.0. The molecule has 0 saturated carbocycles. The van der Waals surface area contributed by atoms with Crippen LogP contribution < -0.4 is 21.7 Å². The third-order valence-electron chi connectivity index (χ3n) is 4.82. The molecule has 2 unspecified atom stereocenters. The molecule has 2 atom stereocenters. The maximum absolute atomic E-state index is 6.66. The Balaban J connectivity index is 1.56. The van der Waals surface area contributed by atoms with Crippen molar-refractivity contribution in [1.82, 2.24) is 25.8 Å². The number of aryl methyl sites for hydroxylation is 1. The van der Waals surface area contributed by atoms with Crippen molar-refractivity contribution in [2.24, 2.45) is 10.7 Å². The average Bonchev–Trinajstić information content (AvgIpc) is 3.27. The summed E-state index contributed by atoms with van der Waals surface area (Å²) >= 11 is 1.58. The predicted molar refractivity (Wildman–Crippen MR) is 103 cm³/mol. The van der Waals surface area contributed by atoms with E-state index in [0.29, 0.717) is 6.04 Å². The number of morpholine rings is 1. The highest BCUT2D eigenvalue weighted by atomic mass is 32.1. The average molecular weight is 378 g/mol. The largest absolute Gasteiger partial charge is 0.379 e. The smallest absolute Gasteiger partial charge is 0.238 e. The molecule has 2 fully saturated rings. The first-order chi connectivity index (χ1) is 12.6. The fourth-order valence-corrected chi connectivity index (χ4v) is 4.24. The minimum absolute atomic E-state index is 0.384. The summed E-state index contributed by atoms with van der Waals surface area (Å²) in [5, 5.41) is 11.1. The molecule has 3 aliphatic heterocycles. The molecule has 4 heterocycles. The van der Waals surface area contributed by atoms with Crippen molar-refractivity contribution >= 4 is 17.2 Å². The highest BCUT2D eigenvalue weighted by Crippen LogP contribution is 2.26. The van der Waals surface area contributed by atoms with Gasteiger partial charge in [0.2, 0.25) is 5.79 Å². The van der Waals surface area contributed by atoms with Gasteiger partial charge >= 0.3 is 0 Å². The van der Waals surface area contributed by atoms with Gasteiger partial charge in [-0.25, -0.2) is 9.98 Å². The number of thiazole rings is 1. The molecular formula is C17H27N7OS. The van der Waals surface area contributed by atoms with E-state index in [0.717, 1.165) is 73.8 Å². The van der Waals surface area contributed by atoms with E-state index < -0.39 is 5.79 Å². The number of aliphatic imine (C=N–C) groups is 1. The van der Waals surface area contributed by atoms with Crippen molar-refractivity contribution in [1.29, 1.82) is 0 Å². The monoisotopic (exact) mass is 377 g/mol. The minimum atomic E-state index is -1.02. The van der Waals surface area contributed by atoms with Gasteiger partial charge in [-0.3, -0.25) is 10.6 Å². The van der Waals surface area contributed by atoms with E-state index in [1.807, 2.05) is 13.1 Å². The van der Waals surface area contributed by atoms with E-state index in [1.165, 1.54) is 0 Å². The number of rotatable bonds is 4. The van der Waals surface area contributed by atoms with E-state index in [9.17, 15) is 0 Å². The fourth-order valence-electron chi connectivity index (χ4n) is 3.47. The molecule has 0 bridgehead atoms. The van der Waals surface area contributed by atoms with Crippen LogP contribution in [0, 0.1) is 6.92 Å². The number of nitrogens with zero attached hydrogens (tertiary/aromatic N) is 3. The Morgan fingerprint density at radius 3 is 3.00 bits per heavy atom. The van der Waals surface area contributed by atoms with Crippen LogP contribution in [0.5, 0.6) is 0 Å². The summed E-state index contributed by atoms with van der Waals surface area (Å²) in [6.45, 7) is 8.24. The van der Waals surface area contributed by atoms with Crippen molar-refractivity contribution < 1.29 is 4.74 Å². The molecule has 3 aliphatic rings. The van der Waals surface area contributed by atoms with E-state index in [2.05, 4.69) is 31.9 Å². The van der Waals surface area contributed by atoms with Crippen molar-refractivity contribution in [3.63, 3.8) is 0 Å². The number of ether oxygens (including phenoxy) is 1. The molecular weight excluding hydrogens is 350 g/mol. The zero-order valence-corrected chi connectivity index (χ0v) is 15.9. The van der Waals surface area contributed by atoms with Gasteiger partial charge in [0.25, 0.3) is 0 Å². The minimum Gasteiger partial charge on any atom is -0.379 e. The van der Waals surface area contributed by atoms with Gasteiger partial charge in [-0.05, 0) is 19.9 Å². The first kappa shape index (κ1) is 17.9. The molecule has 5 N–H and O–H groups in total. The zero-order chi connectivity index (χ0) is 18.0. The third-order valence-corrected chi connectivity index (χ3v) is 5.85. The molecule has 4 rings (SSSR count). The van der Waals surface area contributed by atoms with E-state index in [-0.39, 0.29) is 0 Å². The van der Waals surface area contributed by atoms with Crippen LogP contribution in [0.4, 0.5) is 0 Å². The molecule has 26 heavy (non-hydrogen) atoms. The Morgan fingerprint density at radius 2 is 2.31 bits per heavy atom. The summed E-state index contributed by atoms with van der Waals surface area (Å²) in [5.41, 5.74) is 7.72. The maximum Gasteiger partial charge on any atom is 0.238 e. The van der Waals surface area contributed by atoms with E-state index >= 15 is 0 Å². The molecule has 0 aliphatic carbocycles. The van der Waals surface area contributed by atoms with Gasteiger partial charge < -0.3 is 20.7 Å². The summed E-state index contributed by atoms with van der Waals surface area (Å²) in [6.07, 6.45) is 5.02. The van der Waals surface area contributed by atoms with E-state index in [4.69, 9.17) is 15.5 Å². The van der Waals surface area contributed by atoms with Crippen LogP contribution in [0.1, 0.15) is 16.3 Å². The Bertz CT molecular complexity index is 691. The van der Waals surface area contributed by atoms with Gasteiger partial charge in [-0.2, -0.15) is 0 Å². The van der Waals surface area contributed by atoms with Crippen LogP contribution in [0.2, 0.25) is 0 Å². The van der Waals surface area contributed by atoms with Gasteiger partial charge in [0.15, 0.2) is 5.01 Å². The summed E-state index contributed by atoms with van der Waals surface area (Å²) in [6, 6.07) is 0.384. The summed E-state index contributed by atoms with van der Waals surface area (Å²) in [5.74, 6) is -0.194. The highest BCUT2D eigenvalue weighted by Gasteiger charge is 2.35. The molecule has 1 aromatic rings. The van der Waals surface area contributed by atoms with Gasteiger partial charge in [-0.15, -0.1) is 11.3 Å². The second-order valence-electron chi connectivity index (χ2n) is 7.06. The van der Waals surface area contributed by atoms with Crippen LogP contribution >= 0.6 is 11.3 Å². The number of amidine groups is 1. The summed E-state index contributed by atoms with van der Waals surface area (Å²) < 4.78 is 5.45. The van der Waals surface area contributed by atoms with E-state index in [1.54, 1.807) is 11.3 Å². The molecule has 9 heteroatoms. The lowest BCUT2D eigenvalue weighted by molar-refractivity contribution is 0.0410. The highest BCUT2D eigenvalue weighted by molar-refractivity contribution is 7.11. The molecule has 0 radical (unpaired) electrons. The Hall–Kier alpha value is -1.52. The molecule has 142 valence electrons. The number of hydrogen-bond acceptors (Lipinski definition) is 9. The fraction of sp³-hybridized carbons (Fsp3) is 0.647. The van der Waals surface area contributed by atoms with Crippen LogP contribution in [0.25, 0.3) is 0 Å². The van der Waals surface area contributed by atoms with Gasteiger partial charge in [0.05, 0.1) is 13.2 Å². The Labute approximate surface area is 157 Å². The van der Waals surface area contributed by atoms with Crippen molar-refractivity contribution in [2.45, 2.75) is 25.2 Å². The molecule has 8 nitrogen and oxygen atoms in total. The first-order valence-electron chi connectivity index (χ1n) is 9.18. The molecule has 1 aromatic heterocycles. The van der Waals surface area contributed by atoms with Crippen LogP contribution in [-0.4, -0.2) is 67.7 Å². The number of nitrogens with one attached hydrogen (secondary N) is 3.